The normalized spacial score (nSPS) is 14.4. The second kappa shape index (κ2) is 8.90. The Kier molecular flexibility index (Phi) is 5.76. The molecule has 1 saturated heterocycles. The number of H-pyrrole nitrogens is 1. The lowest BCUT2D eigenvalue weighted by molar-refractivity contribution is 0.132. The largest absolute Gasteiger partial charge is 0.465 e. The minimum atomic E-state index is -0.850. The van der Waals surface area contributed by atoms with Crippen LogP contribution in [-0.2, 0) is 7.05 Å². The molecule has 9 nitrogen and oxygen atoms in total. The number of pyridine rings is 2. The smallest absolute Gasteiger partial charge is 0.407 e. The van der Waals surface area contributed by atoms with E-state index in [-0.39, 0.29) is 5.56 Å². The molecule has 1 aliphatic heterocycles. The van der Waals surface area contributed by atoms with Crippen LogP contribution in [0.5, 0.6) is 0 Å². The average Bonchev–Trinajstić information content (AvgIpc) is 3.10. The third-order valence-electron chi connectivity index (χ3n) is 6.93. The van der Waals surface area contributed by atoms with Gasteiger partial charge < -0.3 is 20.3 Å². The standard InChI is InChI=1S/C26H28N6O3/c1-15-22(16(2)31(3)30-15)21-14-19-8-11-27-25(33)23(19)24(29-21)28-20-6-4-17(5-7-20)18-9-12-32(13-10-18)26(34)35/h4-8,11,14,18H,9-10,12-13H2,1-3H3,(H,27,33)(H,28,29)(H,34,35). The van der Waals surface area contributed by atoms with Gasteiger partial charge in [0.2, 0.25) is 0 Å². The maximum absolute atomic E-state index is 12.7. The highest BCUT2D eigenvalue weighted by Crippen LogP contribution is 2.32. The Labute approximate surface area is 202 Å². The van der Waals surface area contributed by atoms with Gasteiger partial charge in [-0.2, -0.15) is 5.10 Å². The summed E-state index contributed by atoms with van der Waals surface area (Å²) in [6, 6.07) is 11.9. The molecule has 0 atom stereocenters. The molecular formula is C26H28N6O3. The Morgan fingerprint density at radius 3 is 2.49 bits per heavy atom. The Balaban J connectivity index is 1.47. The van der Waals surface area contributed by atoms with E-state index in [1.165, 1.54) is 10.5 Å². The Morgan fingerprint density at radius 2 is 1.86 bits per heavy atom. The van der Waals surface area contributed by atoms with E-state index in [0.29, 0.717) is 30.2 Å². The van der Waals surface area contributed by atoms with Crippen LogP contribution in [0.4, 0.5) is 16.3 Å². The molecular weight excluding hydrogens is 444 g/mol. The SMILES string of the molecule is Cc1nn(C)c(C)c1-c1cc2cc[nH]c(=O)c2c(Nc2ccc(C3CCN(C(=O)O)CC3)cc2)n1. The summed E-state index contributed by atoms with van der Waals surface area (Å²) in [5.41, 5.74) is 5.41. The van der Waals surface area contributed by atoms with Crippen molar-refractivity contribution in [1.82, 2.24) is 24.6 Å². The molecule has 9 heteroatoms. The van der Waals surface area contributed by atoms with Crippen molar-refractivity contribution in [3.8, 4) is 11.3 Å². The van der Waals surface area contributed by atoms with E-state index in [1.54, 1.807) is 6.20 Å². The molecule has 35 heavy (non-hydrogen) atoms. The number of likely N-dealkylation sites (tertiary alicyclic amines) is 1. The van der Waals surface area contributed by atoms with Crippen molar-refractivity contribution >= 4 is 28.4 Å². The van der Waals surface area contributed by atoms with E-state index in [0.717, 1.165) is 46.6 Å². The number of carboxylic acid groups (broad SMARTS) is 1. The van der Waals surface area contributed by atoms with Gasteiger partial charge in [-0.15, -0.1) is 0 Å². The van der Waals surface area contributed by atoms with Crippen LogP contribution >= 0.6 is 0 Å². The number of piperidine rings is 1. The predicted octanol–water partition coefficient (Wildman–Crippen LogP) is 4.54. The number of amides is 1. The fourth-order valence-corrected chi connectivity index (χ4v) is 4.96. The summed E-state index contributed by atoms with van der Waals surface area (Å²) in [4.78, 5) is 33.0. The summed E-state index contributed by atoms with van der Waals surface area (Å²) in [5.74, 6) is 0.825. The molecule has 4 heterocycles. The van der Waals surface area contributed by atoms with Crippen LogP contribution in [0.3, 0.4) is 0 Å². The molecule has 3 N–H and O–H groups in total. The molecule has 5 rings (SSSR count). The van der Waals surface area contributed by atoms with Crippen molar-refractivity contribution in [2.45, 2.75) is 32.6 Å². The fourth-order valence-electron chi connectivity index (χ4n) is 4.96. The molecule has 0 saturated carbocycles. The van der Waals surface area contributed by atoms with Gasteiger partial charge in [0.25, 0.3) is 5.56 Å². The summed E-state index contributed by atoms with van der Waals surface area (Å²) < 4.78 is 1.83. The molecule has 3 aromatic heterocycles. The zero-order valence-corrected chi connectivity index (χ0v) is 20.0. The molecule has 1 aromatic carbocycles. The van der Waals surface area contributed by atoms with Crippen LogP contribution in [0, 0.1) is 13.8 Å². The number of benzene rings is 1. The van der Waals surface area contributed by atoms with E-state index in [1.807, 2.05) is 49.8 Å². The van der Waals surface area contributed by atoms with Crippen molar-refractivity contribution in [3.63, 3.8) is 0 Å². The van der Waals surface area contributed by atoms with Gasteiger partial charge in [-0.25, -0.2) is 9.78 Å². The van der Waals surface area contributed by atoms with Crippen LogP contribution in [0.1, 0.15) is 35.7 Å². The topological polar surface area (TPSA) is 116 Å². The van der Waals surface area contributed by atoms with E-state index in [9.17, 15) is 14.7 Å². The molecule has 180 valence electrons. The number of aromatic amines is 1. The van der Waals surface area contributed by atoms with Crippen LogP contribution < -0.4 is 10.9 Å². The molecule has 0 radical (unpaired) electrons. The van der Waals surface area contributed by atoms with E-state index < -0.39 is 6.09 Å². The number of hydrogen-bond acceptors (Lipinski definition) is 5. The number of anilines is 2. The molecule has 0 unspecified atom stereocenters. The highest BCUT2D eigenvalue weighted by Gasteiger charge is 2.23. The first kappa shape index (κ1) is 22.6. The van der Waals surface area contributed by atoms with Gasteiger partial charge in [0.1, 0.15) is 5.82 Å². The van der Waals surface area contributed by atoms with E-state index in [4.69, 9.17) is 4.98 Å². The van der Waals surface area contributed by atoms with Gasteiger partial charge in [-0.3, -0.25) is 9.48 Å². The van der Waals surface area contributed by atoms with Crippen molar-refractivity contribution in [1.29, 1.82) is 0 Å². The van der Waals surface area contributed by atoms with Crippen LogP contribution in [-0.4, -0.2) is 48.9 Å². The molecule has 4 aromatic rings. The summed E-state index contributed by atoms with van der Waals surface area (Å²) in [7, 11) is 1.91. The molecule has 1 amide bonds. The first-order valence-corrected chi connectivity index (χ1v) is 11.7. The molecule has 0 aliphatic carbocycles. The summed E-state index contributed by atoms with van der Waals surface area (Å²) in [6.07, 6.45) is 2.42. The van der Waals surface area contributed by atoms with Crippen molar-refractivity contribution < 1.29 is 9.90 Å². The Bertz CT molecular complexity index is 1460. The Hall–Kier alpha value is -4.14. The van der Waals surface area contributed by atoms with Gasteiger partial charge in [0, 0.05) is 43.3 Å². The van der Waals surface area contributed by atoms with Gasteiger partial charge in [0.05, 0.1) is 16.8 Å². The molecule has 0 spiro atoms. The maximum atomic E-state index is 12.7. The maximum Gasteiger partial charge on any atom is 0.407 e. The zero-order valence-electron chi connectivity index (χ0n) is 20.0. The lowest BCUT2D eigenvalue weighted by atomic mass is 9.89. The van der Waals surface area contributed by atoms with E-state index in [2.05, 4.69) is 27.5 Å². The lowest BCUT2D eigenvalue weighted by Gasteiger charge is -2.30. The second-order valence-electron chi connectivity index (χ2n) is 9.09. The molecule has 0 bridgehead atoms. The van der Waals surface area contributed by atoms with Crippen molar-refractivity contribution in [2.24, 2.45) is 7.05 Å². The number of carbonyl (C=O) groups is 1. The molecule has 1 fully saturated rings. The summed E-state index contributed by atoms with van der Waals surface area (Å²) in [6.45, 7) is 5.07. The average molecular weight is 473 g/mol. The Morgan fingerprint density at radius 1 is 1.14 bits per heavy atom. The highest BCUT2D eigenvalue weighted by atomic mass is 16.4. The number of rotatable bonds is 4. The summed E-state index contributed by atoms with van der Waals surface area (Å²) in [5, 5.41) is 18.3. The van der Waals surface area contributed by atoms with Crippen molar-refractivity contribution in [3.05, 3.63) is 69.9 Å². The number of hydrogen-bond donors (Lipinski definition) is 3. The first-order valence-electron chi connectivity index (χ1n) is 11.7. The van der Waals surface area contributed by atoms with Crippen LogP contribution in [0.25, 0.3) is 22.0 Å². The first-order chi connectivity index (χ1) is 16.8. The fraction of sp³-hybridized carbons (Fsp3) is 0.308. The minimum Gasteiger partial charge on any atom is -0.465 e. The number of nitrogens with one attached hydrogen (secondary N) is 2. The second-order valence-corrected chi connectivity index (χ2v) is 9.09. The van der Waals surface area contributed by atoms with Gasteiger partial charge in [-0.05, 0) is 67.8 Å². The number of fused-ring (bicyclic) bond motifs is 1. The predicted molar refractivity (Wildman–Crippen MR) is 135 cm³/mol. The van der Waals surface area contributed by atoms with Gasteiger partial charge in [-0.1, -0.05) is 12.1 Å². The number of aromatic nitrogens is 4. The van der Waals surface area contributed by atoms with E-state index >= 15 is 0 Å². The monoisotopic (exact) mass is 472 g/mol. The quantitative estimate of drug-likeness (QED) is 0.402. The third kappa shape index (κ3) is 4.25. The number of nitrogens with zero attached hydrogens (tertiary/aromatic N) is 4. The third-order valence-corrected chi connectivity index (χ3v) is 6.93. The van der Waals surface area contributed by atoms with Crippen molar-refractivity contribution in [2.75, 3.05) is 18.4 Å². The lowest BCUT2D eigenvalue weighted by Crippen LogP contribution is -2.36. The van der Waals surface area contributed by atoms with Crippen LogP contribution in [0.15, 0.2) is 47.4 Å². The van der Waals surface area contributed by atoms with Gasteiger partial charge >= 0.3 is 6.09 Å². The van der Waals surface area contributed by atoms with Crippen LogP contribution in [0.2, 0.25) is 0 Å². The highest BCUT2D eigenvalue weighted by molar-refractivity contribution is 5.95. The van der Waals surface area contributed by atoms with Gasteiger partial charge in [0.15, 0.2) is 0 Å². The molecule has 1 aliphatic rings. The minimum absolute atomic E-state index is 0.203. The number of aryl methyl sites for hydroxylation is 2. The zero-order chi connectivity index (χ0) is 24.7. The summed E-state index contributed by atoms with van der Waals surface area (Å²) >= 11 is 0.